The molecule has 26 heavy (non-hydrogen) atoms. The number of thiocarbonyl (C=S) groups is 1. The second-order valence-electron chi connectivity index (χ2n) is 6.77. The van der Waals surface area contributed by atoms with Crippen LogP contribution < -0.4 is 5.32 Å². The van der Waals surface area contributed by atoms with E-state index in [1.165, 1.54) is 33.3 Å². The summed E-state index contributed by atoms with van der Waals surface area (Å²) in [6.45, 7) is 8.95. The van der Waals surface area contributed by atoms with Crippen LogP contribution in [-0.2, 0) is 13.0 Å². The topological polar surface area (TPSA) is 31.1 Å². The second kappa shape index (κ2) is 8.37. The van der Waals surface area contributed by atoms with E-state index in [0.29, 0.717) is 0 Å². The number of aryl methyl sites for hydroxylation is 2. The van der Waals surface area contributed by atoms with E-state index in [0.717, 1.165) is 31.2 Å². The first kappa shape index (κ1) is 18.5. The predicted octanol–water partition coefficient (Wildman–Crippen LogP) is 4.72. The number of H-pyrrole nitrogens is 1. The van der Waals surface area contributed by atoms with Gasteiger partial charge in [-0.25, -0.2) is 0 Å². The highest BCUT2D eigenvalue weighted by atomic mass is 32.1. The molecule has 0 atom stereocenters. The van der Waals surface area contributed by atoms with E-state index in [2.05, 4.69) is 78.4 Å². The van der Waals surface area contributed by atoms with Crippen molar-refractivity contribution < 1.29 is 0 Å². The number of rotatable bonds is 6. The first-order chi connectivity index (χ1) is 12.6. The van der Waals surface area contributed by atoms with Gasteiger partial charge >= 0.3 is 0 Å². The fraction of sp³-hybridized carbons (Fsp3) is 0.318. The van der Waals surface area contributed by atoms with E-state index in [1.54, 1.807) is 0 Å². The summed E-state index contributed by atoms with van der Waals surface area (Å²) in [6.07, 6.45) is 0.966. The van der Waals surface area contributed by atoms with Gasteiger partial charge in [0.15, 0.2) is 5.11 Å². The minimum absolute atomic E-state index is 0.824. The lowest BCUT2D eigenvalue weighted by Gasteiger charge is -2.26. The molecule has 136 valence electrons. The number of fused-ring (bicyclic) bond motifs is 1. The molecule has 0 amide bonds. The Morgan fingerprint density at radius 2 is 1.88 bits per heavy atom. The molecule has 2 N–H and O–H groups in total. The minimum atomic E-state index is 0.824. The van der Waals surface area contributed by atoms with Crippen molar-refractivity contribution in [3.63, 3.8) is 0 Å². The standard InChI is InChI=1S/C22H27N3S/c1-4-23-22(26)25(15-18-8-6-5-7-9-18)13-12-19-17(3)24-21-11-10-16(2)14-20(19)21/h5-11,14,24H,4,12-13,15H2,1-3H3,(H,23,26). The van der Waals surface area contributed by atoms with E-state index >= 15 is 0 Å². The molecule has 0 saturated carbocycles. The third kappa shape index (κ3) is 4.25. The molecule has 0 saturated heterocycles. The molecule has 4 heteroatoms. The van der Waals surface area contributed by atoms with Crippen molar-refractivity contribution in [1.29, 1.82) is 0 Å². The summed E-state index contributed by atoms with van der Waals surface area (Å²) >= 11 is 5.63. The molecule has 3 rings (SSSR count). The van der Waals surface area contributed by atoms with Gasteiger partial charge in [0.2, 0.25) is 0 Å². The third-order valence-electron chi connectivity index (χ3n) is 4.74. The summed E-state index contributed by atoms with van der Waals surface area (Å²) in [6, 6.07) is 17.1. The first-order valence-electron chi connectivity index (χ1n) is 9.23. The highest BCUT2D eigenvalue weighted by Crippen LogP contribution is 2.24. The molecule has 0 spiro atoms. The average molecular weight is 366 g/mol. The Kier molecular flexibility index (Phi) is 5.94. The summed E-state index contributed by atoms with van der Waals surface area (Å²) in [5, 5.41) is 5.46. The molecule has 3 aromatic rings. The molecule has 0 aliphatic carbocycles. The Hall–Kier alpha value is -2.33. The van der Waals surface area contributed by atoms with Gasteiger partial charge in [0.1, 0.15) is 0 Å². The van der Waals surface area contributed by atoms with E-state index < -0.39 is 0 Å². The van der Waals surface area contributed by atoms with Gasteiger partial charge < -0.3 is 15.2 Å². The van der Waals surface area contributed by atoms with Crippen LogP contribution in [0.4, 0.5) is 0 Å². The van der Waals surface area contributed by atoms with Crippen LogP contribution in [0.3, 0.4) is 0 Å². The number of aromatic amines is 1. The second-order valence-corrected chi connectivity index (χ2v) is 7.16. The Balaban J connectivity index is 1.80. The molecule has 0 radical (unpaired) electrons. The van der Waals surface area contributed by atoms with Gasteiger partial charge in [-0.2, -0.15) is 0 Å². The van der Waals surface area contributed by atoms with Crippen molar-refractivity contribution in [3.05, 3.63) is 70.9 Å². The lowest BCUT2D eigenvalue weighted by Crippen LogP contribution is -2.40. The molecule has 0 fully saturated rings. The molecule has 0 aliphatic heterocycles. The van der Waals surface area contributed by atoms with Gasteiger partial charge in [0.05, 0.1) is 0 Å². The molecule has 1 aromatic heterocycles. The van der Waals surface area contributed by atoms with E-state index in [9.17, 15) is 0 Å². The van der Waals surface area contributed by atoms with Crippen molar-refractivity contribution in [2.45, 2.75) is 33.7 Å². The molecule has 1 heterocycles. The van der Waals surface area contributed by atoms with Crippen LogP contribution in [-0.4, -0.2) is 28.1 Å². The quantitative estimate of drug-likeness (QED) is 0.620. The highest BCUT2D eigenvalue weighted by molar-refractivity contribution is 7.80. The summed E-state index contributed by atoms with van der Waals surface area (Å²) in [5.74, 6) is 0. The van der Waals surface area contributed by atoms with Crippen LogP contribution in [0.5, 0.6) is 0 Å². The lowest BCUT2D eigenvalue weighted by molar-refractivity contribution is 0.410. The van der Waals surface area contributed by atoms with Crippen molar-refractivity contribution in [3.8, 4) is 0 Å². The third-order valence-corrected chi connectivity index (χ3v) is 5.14. The minimum Gasteiger partial charge on any atom is -0.363 e. The molecule has 0 bridgehead atoms. The van der Waals surface area contributed by atoms with Crippen molar-refractivity contribution in [1.82, 2.24) is 15.2 Å². The van der Waals surface area contributed by atoms with Crippen LogP contribution in [0.15, 0.2) is 48.5 Å². The maximum atomic E-state index is 5.63. The van der Waals surface area contributed by atoms with Crippen LogP contribution in [0.2, 0.25) is 0 Å². The number of benzene rings is 2. The largest absolute Gasteiger partial charge is 0.363 e. The molecule has 0 aliphatic rings. The smallest absolute Gasteiger partial charge is 0.169 e. The number of hydrogen-bond acceptors (Lipinski definition) is 1. The van der Waals surface area contributed by atoms with Crippen LogP contribution in [0.25, 0.3) is 10.9 Å². The maximum Gasteiger partial charge on any atom is 0.169 e. The van der Waals surface area contributed by atoms with E-state index in [1.807, 2.05) is 6.07 Å². The summed E-state index contributed by atoms with van der Waals surface area (Å²) < 4.78 is 0. The Labute approximate surface area is 161 Å². The van der Waals surface area contributed by atoms with Gasteiger partial charge in [0.25, 0.3) is 0 Å². The van der Waals surface area contributed by atoms with Crippen molar-refractivity contribution >= 4 is 28.2 Å². The molecule has 2 aromatic carbocycles. The van der Waals surface area contributed by atoms with Gasteiger partial charge in [-0.05, 0) is 62.7 Å². The fourth-order valence-corrected chi connectivity index (χ4v) is 3.68. The molecule has 0 unspecified atom stereocenters. The molecular formula is C22H27N3S. The SMILES string of the molecule is CCNC(=S)N(CCc1c(C)[nH]c2ccc(C)cc12)Cc1ccccc1. The Morgan fingerprint density at radius 3 is 2.62 bits per heavy atom. The van der Waals surface area contributed by atoms with Crippen LogP contribution in [0.1, 0.15) is 29.3 Å². The number of aromatic nitrogens is 1. The lowest BCUT2D eigenvalue weighted by atomic mass is 10.1. The number of hydrogen-bond donors (Lipinski definition) is 2. The zero-order chi connectivity index (χ0) is 18.5. The maximum absolute atomic E-state index is 5.63. The highest BCUT2D eigenvalue weighted by Gasteiger charge is 2.13. The molecular weight excluding hydrogens is 338 g/mol. The fourth-order valence-electron chi connectivity index (χ4n) is 3.38. The van der Waals surface area contributed by atoms with Gasteiger partial charge in [-0.1, -0.05) is 42.0 Å². The van der Waals surface area contributed by atoms with E-state index in [4.69, 9.17) is 12.2 Å². The van der Waals surface area contributed by atoms with Crippen LogP contribution >= 0.6 is 12.2 Å². The molecule has 3 nitrogen and oxygen atoms in total. The first-order valence-corrected chi connectivity index (χ1v) is 9.63. The van der Waals surface area contributed by atoms with E-state index in [-0.39, 0.29) is 0 Å². The van der Waals surface area contributed by atoms with Gasteiger partial charge in [-0.3, -0.25) is 0 Å². The Morgan fingerprint density at radius 1 is 1.12 bits per heavy atom. The summed E-state index contributed by atoms with van der Waals surface area (Å²) in [7, 11) is 0. The average Bonchev–Trinajstić information content (AvgIpc) is 2.94. The predicted molar refractivity (Wildman–Crippen MR) is 115 cm³/mol. The zero-order valence-corrected chi connectivity index (χ0v) is 16.6. The monoisotopic (exact) mass is 365 g/mol. The van der Waals surface area contributed by atoms with Crippen molar-refractivity contribution in [2.24, 2.45) is 0 Å². The Bertz CT molecular complexity index is 883. The number of nitrogens with one attached hydrogen (secondary N) is 2. The van der Waals surface area contributed by atoms with Gasteiger partial charge in [0, 0.05) is 36.2 Å². The van der Waals surface area contributed by atoms with Crippen molar-refractivity contribution in [2.75, 3.05) is 13.1 Å². The summed E-state index contributed by atoms with van der Waals surface area (Å²) in [4.78, 5) is 5.78. The number of nitrogens with zero attached hydrogens (tertiary/aromatic N) is 1. The normalized spacial score (nSPS) is 10.9. The van der Waals surface area contributed by atoms with Gasteiger partial charge in [-0.15, -0.1) is 0 Å². The van der Waals surface area contributed by atoms with Crippen LogP contribution in [0, 0.1) is 13.8 Å². The summed E-state index contributed by atoms with van der Waals surface area (Å²) in [5.41, 5.74) is 6.42. The zero-order valence-electron chi connectivity index (χ0n) is 15.8.